The fourth-order valence-corrected chi connectivity index (χ4v) is 5.11. The molecule has 0 spiro atoms. The van der Waals surface area contributed by atoms with Gasteiger partial charge in [0.1, 0.15) is 12.4 Å². The molecular formula is C23H31NO4. The summed E-state index contributed by atoms with van der Waals surface area (Å²) in [6, 6.07) is 9.64. The topological polar surface area (TPSA) is 55.8 Å². The molecule has 1 aromatic rings. The first-order valence-corrected chi connectivity index (χ1v) is 10.8. The summed E-state index contributed by atoms with van der Waals surface area (Å²) in [5.74, 6) is 1.05. The van der Waals surface area contributed by atoms with Gasteiger partial charge in [0.25, 0.3) is 0 Å². The fourth-order valence-electron chi connectivity index (χ4n) is 5.11. The minimum atomic E-state index is -0.277. The van der Waals surface area contributed by atoms with Gasteiger partial charge in [-0.15, -0.1) is 0 Å². The van der Waals surface area contributed by atoms with Crippen molar-refractivity contribution in [2.45, 2.75) is 70.1 Å². The second kappa shape index (κ2) is 9.08. The predicted molar refractivity (Wildman–Crippen MR) is 106 cm³/mol. The number of nitrogens with zero attached hydrogens (tertiary/aromatic N) is 1. The first-order chi connectivity index (χ1) is 13.7. The van der Waals surface area contributed by atoms with Crippen LogP contribution in [0.4, 0.5) is 4.79 Å². The largest absolute Gasteiger partial charge is 0.445 e. The number of piperidine rings is 1. The van der Waals surface area contributed by atoms with Gasteiger partial charge in [-0.3, -0.25) is 9.69 Å². The van der Waals surface area contributed by atoms with Gasteiger partial charge in [0.05, 0.1) is 25.3 Å². The number of carbonyl (C=O) groups excluding carboxylic acids is 2. The zero-order chi connectivity index (χ0) is 19.3. The van der Waals surface area contributed by atoms with E-state index in [0.717, 1.165) is 12.0 Å². The van der Waals surface area contributed by atoms with Gasteiger partial charge in [-0.2, -0.15) is 0 Å². The van der Waals surface area contributed by atoms with Crippen LogP contribution in [0.15, 0.2) is 30.3 Å². The molecule has 0 N–H and O–H groups in total. The molecule has 0 radical (unpaired) electrons. The van der Waals surface area contributed by atoms with Gasteiger partial charge >= 0.3 is 6.09 Å². The maximum absolute atomic E-state index is 12.9. The Labute approximate surface area is 167 Å². The number of morpholine rings is 1. The van der Waals surface area contributed by atoms with Gasteiger partial charge in [0.15, 0.2) is 0 Å². The van der Waals surface area contributed by atoms with Gasteiger partial charge in [-0.05, 0) is 24.3 Å². The van der Waals surface area contributed by atoms with Gasteiger partial charge in [-0.25, -0.2) is 4.79 Å². The van der Waals surface area contributed by atoms with E-state index in [9.17, 15) is 9.59 Å². The van der Waals surface area contributed by atoms with E-state index in [-0.39, 0.29) is 30.7 Å². The number of ether oxygens (including phenoxy) is 2. The Morgan fingerprint density at radius 2 is 1.68 bits per heavy atom. The minimum Gasteiger partial charge on any atom is -0.445 e. The van der Waals surface area contributed by atoms with Gasteiger partial charge < -0.3 is 9.47 Å². The van der Waals surface area contributed by atoms with Crippen LogP contribution in [-0.4, -0.2) is 42.1 Å². The van der Waals surface area contributed by atoms with E-state index in [1.165, 1.54) is 32.1 Å². The number of hydrogen-bond donors (Lipinski definition) is 0. The molecule has 2 unspecified atom stereocenters. The molecule has 2 heterocycles. The highest BCUT2D eigenvalue weighted by molar-refractivity contribution is 5.82. The molecule has 1 aliphatic carbocycles. The average molecular weight is 386 g/mol. The Hall–Kier alpha value is -1.88. The molecule has 152 valence electrons. The summed E-state index contributed by atoms with van der Waals surface area (Å²) >= 11 is 0. The molecule has 28 heavy (non-hydrogen) atoms. The average Bonchev–Trinajstić information content (AvgIpc) is 2.72. The third-order valence-corrected chi connectivity index (χ3v) is 6.61. The summed E-state index contributed by atoms with van der Waals surface area (Å²) < 4.78 is 11.3. The summed E-state index contributed by atoms with van der Waals surface area (Å²) in [6.07, 6.45) is 8.12. The number of carbonyl (C=O) groups is 2. The summed E-state index contributed by atoms with van der Waals surface area (Å²) in [5, 5.41) is 0. The number of fused-ring (bicyclic) bond motifs is 2. The zero-order valence-corrected chi connectivity index (χ0v) is 16.6. The highest BCUT2D eigenvalue weighted by Crippen LogP contribution is 2.35. The number of hydrogen-bond acceptors (Lipinski definition) is 4. The molecule has 0 aromatic heterocycles. The number of amides is 1. The van der Waals surface area contributed by atoms with Crippen LogP contribution in [0.3, 0.4) is 0 Å². The number of Topliss-reactive ketones (excluding diaryl/α,β-unsaturated/α-hetero) is 1. The van der Waals surface area contributed by atoms with Crippen LogP contribution < -0.4 is 0 Å². The van der Waals surface area contributed by atoms with E-state index < -0.39 is 0 Å². The van der Waals surface area contributed by atoms with Crippen molar-refractivity contribution in [3.63, 3.8) is 0 Å². The summed E-state index contributed by atoms with van der Waals surface area (Å²) in [4.78, 5) is 27.5. The molecule has 3 aliphatic rings. The van der Waals surface area contributed by atoms with E-state index in [4.69, 9.17) is 9.47 Å². The highest BCUT2D eigenvalue weighted by atomic mass is 16.6. The van der Waals surface area contributed by atoms with E-state index in [0.29, 0.717) is 37.8 Å². The second-order valence-electron chi connectivity index (χ2n) is 8.64. The summed E-state index contributed by atoms with van der Waals surface area (Å²) in [7, 11) is 0. The molecule has 1 saturated carbocycles. The maximum Gasteiger partial charge on any atom is 0.410 e. The van der Waals surface area contributed by atoms with Crippen molar-refractivity contribution in [2.75, 3.05) is 13.2 Å². The summed E-state index contributed by atoms with van der Waals surface area (Å²) in [6.45, 7) is 1.29. The lowest BCUT2D eigenvalue weighted by Crippen LogP contribution is -2.60. The highest BCUT2D eigenvalue weighted by Gasteiger charge is 2.44. The van der Waals surface area contributed by atoms with Crippen molar-refractivity contribution in [2.24, 2.45) is 11.8 Å². The molecule has 2 saturated heterocycles. The molecule has 5 heteroatoms. The Morgan fingerprint density at radius 1 is 1.00 bits per heavy atom. The Bertz CT molecular complexity index is 656. The lowest BCUT2D eigenvalue weighted by Gasteiger charge is -2.47. The zero-order valence-electron chi connectivity index (χ0n) is 16.6. The van der Waals surface area contributed by atoms with Crippen LogP contribution in [-0.2, 0) is 20.9 Å². The molecule has 2 bridgehead atoms. The van der Waals surface area contributed by atoms with Crippen LogP contribution in [0.25, 0.3) is 0 Å². The molecule has 3 fully saturated rings. The Kier molecular flexibility index (Phi) is 6.30. The lowest BCUT2D eigenvalue weighted by molar-refractivity contribution is -0.132. The van der Waals surface area contributed by atoms with Crippen LogP contribution in [0.5, 0.6) is 0 Å². The molecule has 1 amide bonds. The molecule has 2 aliphatic heterocycles. The quantitative estimate of drug-likeness (QED) is 0.756. The van der Waals surface area contributed by atoms with Crippen molar-refractivity contribution >= 4 is 11.9 Å². The van der Waals surface area contributed by atoms with Crippen LogP contribution in [0.1, 0.15) is 56.9 Å². The molecular weight excluding hydrogens is 354 g/mol. The fraction of sp³-hybridized carbons (Fsp3) is 0.652. The van der Waals surface area contributed by atoms with E-state index in [1.54, 1.807) is 0 Å². The normalized spacial score (nSPS) is 28.0. The van der Waals surface area contributed by atoms with E-state index in [1.807, 2.05) is 35.2 Å². The smallest absolute Gasteiger partial charge is 0.410 e. The molecule has 5 nitrogen and oxygen atoms in total. The van der Waals surface area contributed by atoms with E-state index >= 15 is 0 Å². The first kappa shape index (κ1) is 19.4. The first-order valence-electron chi connectivity index (χ1n) is 10.8. The SMILES string of the molecule is O=C(CC1CCCCC1)C1CC2COCC(C1)N2C(=O)OCc1ccccc1. The van der Waals surface area contributed by atoms with Gasteiger partial charge in [-0.1, -0.05) is 62.4 Å². The number of benzene rings is 1. The standard InChI is InChI=1S/C23H31NO4/c25-22(11-17-7-3-1-4-8-17)19-12-20-15-27-16-21(13-19)24(20)23(26)28-14-18-9-5-2-6-10-18/h2,5-6,9-10,17,19-21H,1,3-4,7-8,11-16H2. The minimum absolute atomic E-state index is 0.0453. The lowest BCUT2D eigenvalue weighted by atomic mass is 9.78. The number of rotatable bonds is 5. The maximum atomic E-state index is 12.9. The van der Waals surface area contributed by atoms with Crippen LogP contribution in [0, 0.1) is 11.8 Å². The molecule has 1 aromatic carbocycles. The van der Waals surface area contributed by atoms with Crippen molar-refractivity contribution < 1.29 is 19.1 Å². The van der Waals surface area contributed by atoms with Crippen molar-refractivity contribution in [3.8, 4) is 0 Å². The summed E-state index contributed by atoms with van der Waals surface area (Å²) in [5.41, 5.74) is 0.981. The van der Waals surface area contributed by atoms with Gasteiger partial charge in [0, 0.05) is 12.3 Å². The monoisotopic (exact) mass is 385 g/mol. The predicted octanol–water partition coefficient (Wildman–Crippen LogP) is 4.34. The van der Waals surface area contributed by atoms with E-state index in [2.05, 4.69) is 0 Å². The Balaban J connectivity index is 1.33. The van der Waals surface area contributed by atoms with Crippen LogP contribution >= 0.6 is 0 Å². The molecule has 2 atom stereocenters. The Morgan fingerprint density at radius 3 is 2.36 bits per heavy atom. The number of ketones is 1. The second-order valence-corrected chi connectivity index (χ2v) is 8.64. The van der Waals surface area contributed by atoms with Crippen molar-refractivity contribution in [1.82, 2.24) is 4.90 Å². The van der Waals surface area contributed by atoms with Crippen molar-refractivity contribution in [3.05, 3.63) is 35.9 Å². The third kappa shape index (κ3) is 4.57. The molecule has 4 rings (SSSR count). The van der Waals surface area contributed by atoms with Crippen molar-refractivity contribution in [1.29, 1.82) is 0 Å². The van der Waals surface area contributed by atoms with Gasteiger partial charge in [0.2, 0.25) is 0 Å². The third-order valence-electron chi connectivity index (χ3n) is 6.61. The van der Waals surface area contributed by atoms with Crippen LogP contribution in [0.2, 0.25) is 0 Å².